The minimum atomic E-state index is -0.390. The van der Waals surface area contributed by atoms with Crippen LogP contribution in [-0.2, 0) is 16.1 Å². The molecule has 30 heavy (non-hydrogen) atoms. The first-order valence-corrected chi connectivity index (χ1v) is 9.57. The lowest BCUT2D eigenvalue weighted by atomic mass is 10.1. The summed E-state index contributed by atoms with van der Waals surface area (Å²) in [6, 6.07) is 21.8. The van der Waals surface area contributed by atoms with Gasteiger partial charge in [0.2, 0.25) is 5.89 Å². The number of carbonyl (C=O) groups excluding carboxylic acids is 1. The maximum absolute atomic E-state index is 11.2. The molecule has 5 heteroatoms. The maximum atomic E-state index is 11.2. The average molecular weight is 399 g/mol. The zero-order chi connectivity index (χ0) is 20.9. The van der Waals surface area contributed by atoms with Gasteiger partial charge in [0.15, 0.2) is 0 Å². The smallest absolute Gasteiger partial charge is 0.330 e. The van der Waals surface area contributed by atoms with E-state index in [9.17, 15) is 4.79 Å². The standard InChI is InChI=1S/C25H21NO4/c1-17-23(16-29-22-12-7-18(8-13-22)9-14-24(27)28-2)26-25(30-17)21-11-10-19-5-3-4-6-20(19)15-21/h3-15H,16H2,1-2H3. The number of aryl methyl sites for hydroxylation is 1. The predicted molar refractivity (Wildman–Crippen MR) is 116 cm³/mol. The van der Waals surface area contributed by atoms with Crippen molar-refractivity contribution >= 4 is 22.8 Å². The van der Waals surface area contributed by atoms with E-state index in [-0.39, 0.29) is 5.97 Å². The van der Waals surface area contributed by atoms with Crippen molar-refractivity contribution in [2.45, 2.75) is 13.5 Å². The van der Waals surface area contributed by atoms with E-state index in [0.29, 0.717) is 18.2 Å². The highest BCUT2D eigenvalue weighted by Crippen LogP contribution is 2.26. The van der Waals surface area contributed by atoms with E-state index in [1.54, 1.807) is 6.08 Å². The third kappa shape index (κ3) is 4.41. The van der Waals surface area contributed by atoms with E-state index in [4.69, 9.17) is 9.15 Å². The fourth-order valence-electron chi connectivity index (χ4n) is 3.07. The second kappa shape index (κ2) is 8.66. The number of hydrogen-bond acceptors (Lipinski definition) is 5. The second-order valence-electron chi connectivity index (χ2n) is 6.80. The van der Waals surface area contributed by atoms with Gasteiger partial charge in [0.1, 0.15) is 23.8 Å². The normalized spacial score (nSPS) is 11.1. The van der Waals surface area contributed by atoms with Crippen LogP contribution in [0.5, 0.6) is 5.75 Å². The zero-order valence-electron chi connectivity index (χ0n) is 16.8. The first kappa shape index (κ1) is 19.5. The van der Waals surface area contributed by atoms with Crippen molar-refractivity contribution in [3.63, 3.8) is 0 Å². The average Bonchev–Trinajstić information content (AvgIpc) is 3.16. The van der Waals surface area contributed by atoms with Crippen LogP contribution in [0.25, 0.3) is 28.3 Å². The van der Waals surface area contributed by atoms with Crippen LogP contribution >= 0.6 is 0 Å². The number of esters is 1. The first-order valence-electron chi connectivity index (χ1n) is 9.57. The molecule has 0 unspecified atom stereocenters. The molecular formula is C25H21NO4. The Kier molecular flexibility index (Phi) is 5.61. The summed E-state index contributed by atoms with van der Waals surface area (Å²) >= 11 is 0. The highest BCUT2D eigenvalue weighted by atomic mass is 16.5. The summed E-state index contributed by atoms with van der Waals surface area (Å²) in [7, 11) is 1.35. The maximum Gasteiger partial charge on any atom is 0.330 e. The molecule has 0 amide bonds. The van der Waals surface area contributed by atoms with Gasteiger partial charge in [-0.05, 0) is 53.6 Å². The quantitative estimate of drug-likeness (QED) is 0.313. The van der Waals surface area contributed by atoms with Gasteiger partial charge in [-0.2, -0.15) is 0 Å². The van der Waals surface area contributed by atoms with Crippen molar-refractivity contribution in [2.75, 3.05) is 7.11 Å². The van der Waals surface area contributed by atoms with Crippen molar-refractivity contribution in [2.24, 2.45) is 0 Å². The van der Waals surface area contributed by atoms with Gasteiger partial charge in [-0.1, -0.05) is 42.5 Å². The summed E-state index contributed by atoms with van der Waals surface area (Å²) in [5.41, 5.74) is 2.57. The van der Waals surface area contributed by atoms with Gasteiger partial charge in [-0.15, -0.1) is 0 Å². The Morgan fingerprint density at radius 1 is 1.03 bits per heavy atom. The van der Waals surface area contributed by atoms with E-state index in [1.807, 2.05) is 49.4 Å². The minimum absolute atomic E-state index is 0.306. The summed E-state index contributed by atoms with van der Waals surface area (Å²) in [6.45, 7) is 2.19. The van der Waals surface area contributed by atoms with Crippen molar-refractivity contribution in [3.05, 3.63) is 89.8 Å². The summed E-state index contributed by atoms with van der Waals surface area (Å²) in [5, 5.41) is 2.32. The van der Waals surface area contributed by atoms with Crippen LogP contribution in [0.1, 0.15) is 17.0 Å². The van der Waals surface area contributed by atoms with Crippen LogP contribution in [0.15, 0.2) is 77.2 Å². The number of hydrogen-bond donors (Lipinski definition) is 0. The molecule has 0 aliphatic heterocycles. The second-order valence-corrected chi connectivity index (χ2v) is 6.80. The summed E-state index contributed by atoms with van der Waals surface area (Å²) in [6.07, 6.45) is 3.07. The molecule has 0 aliphatic carbocycles. The van der Waals surface area contributed by atoms with E-state index >= 15 is 0 Å². The van der Waals surface area contributed by atoms with Crippen LogP contribution in [0.2, 0.25) is 0 Å². The van der Waals surface area contributed by atoms with E-state index in [2.05, 4.69) is 34.0 Å². The molecule has 4 rings (SSSR count). The molecule has 0 bridgehead atoms. The molecule has 5 nitrogen and oxygen atoms in total. The number of benzene rings is 3. The number of ether oxygens (including phenoxy) is 2. The fourth-order valence-corrected chi connectivity index (χ4v) is 3.07. The molecule has 150 valence electrons. The minimum Gasteiger partial charge on any atom is -0.487 e. The van der Waals surface area contributed by atoms with Gasteiger partial charge in [0, 0.05) is 11.6 Å². The third-order valence-electron chi connectivity index (χ3n) is 4.76. The van der Waals surface area contributed by atoms with Gasteiger partial charge in [0.25, 0.3) is 0 Å². The molecular weight excluding hydrogens is 378 g/mol. The van der Waals surface area contributed by atoms with Crippen LogP contribution in [0.3, 0.4) is 0 Å². The topological polar surface area (TPSA) is 61.6 Å². The summed E-state index contributed by atoms with van der Waals surface area (Å²) in [5.74, 6) is 1.63. The Hall–Kier alpha value is -3.86. The highest BCUT2D eigenvalue weighted by Gasteiger charge is 2.12. The van der Waals surface area contributed by atoms with Crippen LogP contribution in [0.4, 0.5) is 0 Å². The van der Waals surface area contributed by atoms with E-state index in [1.165, 1.54) is 18.6 Å². The lowest BCUT2D eigenvalue weighted by molar-refractivity contribution is -0.134. The molecule has 0 aliphatic rings. The number of fused-ring (bicyclic) bond motifs is 1. The number of carbonyl (C=O) groups is 1. The van der Waals surface area contributed by atoms with Crippen molar-refractivity contribution < 1.29 is 18.7 Å². The highest BCUT2D eigenvalue weighted by molar-refractivity contribution is 5.87. The fraction of sp³-hybridized carbons (Fsp3) is 0.120. The third-order valence-corrected chi connectivity index (χ3v) is 4.76. The monoisotopic (exact) mass is 399 g/mol. The molecule has 0 atom stereocenters. The zero-order valence-corrected chi connectivity index (χ0v) is 16.8. The van der Waals surface area contributed by atoms with E-state index in [0.717, 1.165) is 28.0 Å². The largest absolute Gasteiger partial charge is 0.487 e. The Bertz CT molecular complexity index is 1210. The Morgan fingerprint density at radius 3 is 2.57 bits per heavy atom. The Morgan fingerprint density at radius 2 is 1.80 bits per heavy atom. The predicted octanol–water partition coefficient (Wildman–Crippen LogP) is 5.57. The molecule has 0 spiro atoms. The molecule has 0 radical (unpaired) electrons. The lowest BCUT2D eigenvalue weighted by Crippen LogP contribution is -1.97. The van der Waals surface area contributed by atoms with Crippen LogP contribution < -0.4 is 4.74 Å². The Balaban J connectivity index is 1.45. The number of nitrogens with zero attached hydrogens (tertiary/aromatic N) is 1. The number of rotatable bonds is 6. The SMILES string of the molecule is COC(=O)C=Cc1ccc(OCc2nc(-c3ccc4ccccc4c3)oc2C)cc1. The molecule has 0 saturated carbocycles. The molecule has 3 aromatic carbocycles. The number of aromatic nitrogens is 1. The lowest BCUT2D eigenvalue weighted by Gasteiger charge is -2.04. The van der Waals surface area contributed by atoms with Gasteiger partial charge in [-0.25, -0.2) is 9.78 Å². The van der Waals surface area contributed by atoms with Gasteiger partial charge < -0.3 is 13.9 Å². The summed E-state index contributed by atoms with van der Waals surface area (Å²) < 4.78 is 16.3. The number of oxazole rings is 1. The van der Waals surface area contributed by atoms with E-state index < -0.39 is 0 Å². The molecule has 1 aromatic heterocycles. The first-order chi connectivity index (χ1) is 14.6. The van der Waals surface area contributed by atoms with Gasteiger partial charge >= 0.3 is 5.97 Å². The summed E-state index contributed by atoms with van der Waals surface area (Å²) in [4.78, 5) is 15.8. The molecule has 4 aromatic rings. The van der Waals surface area contributed by atoms with Gasteiger partial charge in [-0.3, -0.25) is 0 Å². The van der Waals surface area contributed by atoms with Crippen molar-refractivity contribution in [1.29, 1.82) is 0 Å². The van der Waals surface area contributed by atoms with Gasteiger partial charge in [0.05, 0.1) is 7.11 Å². The van der Waals surface area contributed by atoms with Crippen molar-refractivity contribution in [1.82, 2.24) is 4.98 Å². The molecule has 0 saturated heterocycles. The molecule has 1 heterocycles. The number of methoxy groups -OCH3 is 1. The van der Waals surface area contributed by atoms with Crippen LogP contribution in [0, 0.1) is 6.92 Å². The Labute approximate surface area is 174 Å². The molecule has 0 fully saturated rings. The van der Waals surface area contributed by atoms with Crippen molar-refractivity contribution in [3.8, 4) is 17.2 Å². The molecule has 0 N–H and O–H groups in total. The van der Waals surface area contributed by atoms with Crippen LogP contribution in [-0.4, -0.2) is 18.1 Å².